The summed E-state index contributed by atoms with van der Waals surface area (Å²) in [6.07, 6.45) is 0.556. The molecule has 1 fully saturated rings. The lowest BCUT2D eigenvalue weighted by Gasteiger charge is -2.25. The molecule has 0 spiro atoms. The second-order valence-electron chi connectivity index (χ2n) is 9.91. The van der Waals surface area contributed by atoms with Gasteiger partial charge in [0.25, 0.3) is 11.7 Å². The number of rotatable bonds is 12. The van der Waals surface area contributed by atoms with E-state index in [9.17, 15) is 14.7 Å². The molecule has 3 aromatic rings. The first-order valence-electron chi connectivity index (χ1n) is 13.2. The van der Waals surface area contributed by atoms with Gasteiger partial charge in [0.15, 0.2) is 0 Å². The first-order chi connectivity index (χ1) is 18.9. The standard InChI is InChI=1S/C32H35NO6/c1-22(2)20-38-26-16-12-25(13-17-26)30(34)28-29(33(18-7-19-37-3)32(36)31(28)35)24-10-14-27(15-11-24)39-21-23-8-5-4-6-9-23/h4-6,8-17,22,29,34H,7,18-21H2,1-3H3/b30-28-. The summed E-state index contributed by atoms with van der Waals surface area (Å²) in [4.78, 5) is 27.8. The van der Waals surface area contributed by atoms with Crippen molar-refractivity contribution in [3.63, 3.8) is 0 Å². The Balaban J connectivity index is 1.63. The molecule has 1 amide bonds. The van der Waals surface area contributed by atoms with Gasteiger partial charge in [-0.2, -0.15) is 0 Å². The number of benzene rings is 3. The van der Waals surface area contributed by atoms with Gasteiger partial charge < -0.3 is 24.2 Å². The first-order valence-corrected chi connectivity index (χ1v) is 13.2. The van der Waals surface area contributed by atoms with Gasteiger partial charge in [0.1, 0.15) is 23.9 Å². The molecule has 1 saturated heterocycles. The van der Waals surface area contributed by atoms with Crippen LogP contribution < -0.4 is 9.47 Å². The number of hydrogen-bond acceptors (Lipinski definition) is 6. The maximum atomic E-state index is 13.2. The van der Waals surface area contributed by atoms with Gasteiger partial charge in [-0.15, -0.1) is 0 Å². The minimum atomic E-state index is -0.734. The molecule has 1 heterocycles. The Morgan fingerprint density at radius 2 is 1.54 bits per heavy atom. The number of aliphatic hydroxyl groups is 1. The van der Waals surface area contributed by atoms with E-state index in [1.165, 1.54) is 4.90 Å². The highest BCUT2D eigenvalue weighted by molar-refractivity contribution is 6.46. The largest absolute Gasteiger partial charge is 0.507 e. The molecule has 0 aromatic heterocycles. The van der Waals surface area contributed by atoms with Gasteiger partial charge in [0, 0.05) is 25.8 Å². The van der Waals surface area contributed by atoms with E-state index in [0.29, 0.717) is 61.3 Å². The number of methoxy groups -OCH3 is 1. The molecule has 0 aliphatic carbocycles. The Bertz CT molecular complexity index is 1280. The van der Waals surface area contributed by atoms with Gasteiger partial charge in [0.2, 0.25) is 0 Å². The molecule has 0 radical (unpaired) electrons. The van der Waals surface area contributed by atoms with Crippen LogP contribution in [-0.4, -0.2) is 48.6 Å². The maximum absolute atomic E-state index is 13.2. The van der Waals surface area contributed by atoms with E-state index in [2.05, 4.69) is 13.8 Å². The zero-order valence-electron chi connectivity index (χ0n) is 22.6. The Morgan fingerprint density at radius 3 is 2.18 bits per heavy atom. The lowest BCUT2D eigenvalue weighted by Crippen LogP contribution is -2.31. The van der Waals surface area contributed by atoms with E-state index in [0.717, 1.165) is 5.56 Å². The Labute approximate surface area is 229 Å². The van der Waals surface area contributed by atoms with Crippen molar-refractivity contribution in [1.82, 2.24) is 4.90 Å². The summed E-state index contributed by atoms with van der Waals surface area (Å²) in [6.45, 7) is 5.88. The third kappa shape index (κ3) is 6.86. The lowest BCUT2D eigenvalue weighted by molar-refractivity contribution is -0.140. The van der Waals surface area contributed by atoms with Crippen LogP contribution in [0.2, 0.25) is 0 Å². The van der Waals surface area contributed by atoms with E-state index in [1.807, 2.05) is 54.6 Å². The fraction of sp³-hybridized carbons (Fsp3) is 0.312. The topological polar surface area (TPSA) is 85.3 Å². The van der Waals surface area contributed by atoms with Crippen LogP contribution >= 0.6 is 0 Å². The van der Waals surface area contributed by atoms with Gasteiger partial charge in [-0.05, 0) is 59.9 Å². The minimum Gasteiger partial charge on any atom is -0.507 e. The van der Waals surface area contributed by atoms with Gasteiger partial charge in [-0.1, -0.05) is 56.3 Å². The molecule has 1 aliphatic rings. The molecular weight excluding hydrogens is 494 g/mol. The molecule has 0 bridgehead atoms. The lowest BCUT2D eigenvalue weighted by atomic mass is 9.95. The number of ketones is 1. The molecule has 7 heteroatoms. The molecule has 204 valence electrons. The highest BCUT2D eigenvalue weighted by atomic mass is 16.5. The Hall–Kier alpha value is -4.10. The van der Waals surface area contributed by atoms with Crippen molar-refractivity contribution in [2.75, 3.05) is 26.9 Å². The van der Waals surface area contributed by atoms with Crippen molar-refractivity contribution in [3.05, 3.63) is 101 Å². The van der Waals surface area contributed by atoms with Crippen LogP contribution in [0, 0.1) is 5.92 Å². The second kappa shape index (κ2) is 13.1. The van der Waals surface area contributed by atoms with Crippen molar-refractivity contribution in [2.45, 2.75) is 32.9 Å². The molecule has 1 unspecified atom stereocenters. The molecule has 1 N–H and O–H groups in total. The average molecular weight is 530 g/mol. The highest BCUT2D eigenvalue weighted by Crippen LogP contribution is 2.40. The molecular formula is C32H35NO6. The molecule has 1 atom stereocenters. The molecule has 0 saturated carbocycles. The van der Waals surface area contributed by atoms with E-state index in [4.69, 9.17) is 14.2 Å². The number of amides is 1. The van der Waals surface area contributed by atoms with Crippen molar-refractivity contribution < 1.29 is 28.9 Å². The summed E-state index contributed by atoms with van der Waals surface area (Å²) < 4.78 is 16.8. The van der Waals surface area contributed by atoms with Crippen molar-refractivity contribution in [2.24, 2.45) is 5.92 Å². The van der Waals surface area contributed by atoms with Gasteiger partial charge in [0.05, 0.1) is 18.2 Å². The Kier molecular flexibility index (Phi) is 9.39. The van der Waals surface area contributed by atoms with Crippen LogP contribution in [0.5, 0.6) is 11.5 Å². The fourth-order valence-corrected chi connectivity index (χ4v) is 4.45. The van der Waals surface area contributed by atoms with Gasteiger partial charge in [-0.3, -0.25) is 9.59 Å². The van der Waals surface area contributed by atoms with Crippen molar-refractivity contribution in [3.8, 4) is 11.5 Å². The second-order valence-corrected chi connectivity index (χ2v) is 9.91. The quantitative estimate of drug-likeness (QED) is 0.139. The smallest absolute Gasteiger partial charge is 0.295 e. The maximum Gasteiger partial charge on any atom is 0.295 e. The summed E-state index contributed by atoms with van der Waals surface area (Å²) in [7, 11) is 1.59. The van der Waals surface area contributed by atoms with Crippen LogP contribution in [0.15, 0.2) is 84.4 Å². The predicted molar refractivity (Wildman–Crippen MR) is 149 cm³/mol. The van der Waals surface area contributed by atoms with Gasteiger partial charge in [-0.25, -0.2) is 0 Å². The average Bonchev–Trinajstić information content (AvgIpc) is 3.21. The van der Waals surface area contributed by atoms with E-state index in [1.54, 1.807) is 31.4 Å². The monoisotopic (exact) mass is 529 g/mol. The van der Waals surface area contributed by atoms with Crippen LogP contribution in [0.25, 0.3) is 5.76 Å². The number of nitrogens with zero attached hydrogens (tertiary/aromatic N) is 1. The molecule has 39 heavy (non-hydrogen) atoms. The third-order valence-corrected chi connectivity index (χ3v) is 6.44. The number of Topliss-reactive ketones (excluding diaryl/α,β-unsaturated/α-hetero) is 1. The summed E-state index contributed by atoms with van der Waals surface area (Å²) >= 11 is 0. The number of ether oxygens (including phenoxy) is 3. The zero-order chi connectivity index (χ0) is 27.8. The molecule has 3 aromatic carbocycles. The first kappa shape index (κ1) is 27.9. The van der Waals surface area contributed by atoms with Crippen LogP contribution in [0.1, 0.15) is 43.0 Å². The minimum absolute atomic E-state index is 0.0613. The third-order valence-electron chi connectivity index (χ3n) is 6.44. The van der Waals surface area contributed by atoms with Crippen LogP contribution in [-0.2, 0) is 20.9 Å². The predicted octanol–water partition coefficient (Wildman–Crippen LogP) is 5.76. The summed E-state index contributed by atoms with van der Waals surface area (Å²) in [5, 5.41) is 11.3. The number of likely N-dealkylation sites (tertiary alicyclic amines) is 1. The van der Waals surface area contributed by atoms with Crippen molar-refractivity contribution >= 4 is 17.4 Å². The zero-order valence-corrected chi connectivity index (χ0v) is 22.6. The summed E-state index contributed by atoms with van der Waals surface area (Å²) in [5.41, 5.74) is 2.26. The van der Waals surface area contributed by atoms with E-state index >= 15 is 0 Å². The number of hydrogen-bond donors (Lipinski definition) is 1. The van der Waals surface area contributed by atoms with Crippen LogP contribution in [0.4, 0.5) is 0 Å². The Morgan fingerprint density at radius 1 is 0.897 bits per heavy atom. The number of carbonyl (C=O) groups excluding carboxylic acids is 2. The normalized spacial score (nSPS) is 16.6. The number of aliphatic hydroxyl groups excluding tert-OH is 1. The highest BCUT2D eigenvalue weighted by Gasteiger charge is 2.45. The summed E-state index contributed by atoms with van der Waals surface area (Å²) in [5.74, 6) is 0.145. The number of carbonyl (C=O) groups is 2. The molecule has 1 aliphatic heterocycles. The molecule has 4 rings (SSSR count). The summed E-state index contributed by atoms with van der Waals surface area (Å²) in [6, 6.07) is 23.3. The van der Waals surface area contributed by atoms with Gasteiger partial charge >= 0.3 is 0 Å². The van der Waals surface area contributed by atoms with E-state index in [-0.39, 0.29) is 11.3 Å². The van der Waals surface area contributed by atoms with Crippen molar-refractivity contribution in [1.29, 1.82) is 0 Å². The van der Waals surface area contributed by atoms with Crippen LogP contribution in [0.3, 0.4) is 0 Å². The fourth-order valence-electron chi connectivity index (χ4n) is 4.45. The van der Waals surface area contributed by atoms with E-state index < -0.39 is 17.7 Å². The molecule has 7 nitrogen and oxygen atoms in total. The SMILES string of the molecule is COCCCN1C(=O)C(=O)/C(=C(\O)c2ccc(OCC(C)C)cc2)C1c1ccc(OCc2ccccc2)cc1.